The third-order valence-corrected chi connectivity index (χ3v) is 5.26. The van der Waals surface area contributed by atoms with E-state index in [2.05, 4.69) is 0 Å². The maximum absolute atomic E-state index is 12.4. The van der Waals surface area contributed by atoms with Crippen molar-refractivity contribution in [1.82, 2.24) is 4.90 Å². The Bertz CT molecular complexity index is 774. The van der Waals surface area contributed by atoms with Gasteiger partial charge in [-0.1, -0.05) is 26.8 Å². The van der Waals surface area contributed by atoms with E-state index < -0.39 is 36.5 Å². The summed E-state index contributed by atoms with van der Waals surface area (Å²) in [6, 6.07) is 0. The van der Waals surface area contributed by atoms with Crippen LogP contribution >= 0.6 is 0 Å². The van der Waals surface area contributed by atoms with Crippen molar-refractivity contribution in [1.29, 1.82) is 0 Å². The van der Waals surface area contributed by atoms with Gasteiger partial charge in [0.2, 0.25) is 0 Å². The van der Waals surface area contributed by atoms with Gasteiger partial charge in [0.1, 0.15) is 12.7 Å². The highest BCUT2D eigenvalue weighted by Crippen LogP contribution is 2.32. The predicted molar refractivity (Wildman–Crippen MR) is 118 cm³/mol. The van der Waals surface area contributed by atoms with Crippen LogP contribution in [0, 0.1) is 0 Å². The number of ketones is 1. The third kappa shape index (κ3) is 7.70. The summed E-state index contributed by atoms with van der Waals surface area (Å²) in [4.78, 5) is 50.2. The Balaban J connectivity index is 2.33. The van der Waals surface area contributed by atoms with Crippen molar-refractivity contribution in [3.8, 4) is 0 Å². The fourth-order valence-corrected chi connectivity index (χ4v) is 3.60. The molecular weight excluding hydrogens is 430 g/mol. The number of hydrogen-bond acceptors (Lipinski definition) is 9. The molecular formula is C24H35NO8. The van der Waals surface area contributed by atoms with Crippen LogP contribution in [0.15, 0.2) is 24.0 Å². The van der Waals surface area contributed by atoms with Crippen molar-refractivity contribution in [3.63, 3.8) is 0 Å². The highest BCUT2D eigenvalue weighted by atomic mass is 16.7. The maximum atomic E-state index is 12.4. The maximum Gasteiger partial charge on any atom is 0.306 e. The minimum absolute atomic E-state index is 0.0853. The Kier molecular flexibility index (Phi) is 10.6. The van der Waals surface area contributed by atoms with Gasteiger partial charge >= 0.3 is 17.9 Å². The fraction of sp³-hybridized carbons (Fsp3) is 0.667. The van der Waals surface area contributed by atoms with Gasteiger partial charge in [-0.05, 0) is 32.6 Å². The van der Waals surface area contributed by atoms with Crippen molar-refractivity contribution in [2.75, 3.05) is 6.61 Å². The molecule has 184 valence electrons. The van der Waals surface area contributed by atoms with Crippen LogP contribution in [0.4, 0.5) is 0 Å². The second-order valence-corrected chi connectivity index (χ2v) is 8.15. The van der Waals surface area contributed by atoms with Gasteiger partial charge in [-0.2, -0.15) is 0 Å². The number of allylic oxidation sites excluding steroid dienone is 2. The van der Waals surface area contributed by atoms with Crippen molar-refractivity contribution >= 4 is 23.7 Å². The van der Waals surface area contributed by atoms with Crippen molar-refractivity contribution in [3.05, 3.63) is 24.0 Å². The normalized spacial score (nSPS) is 24.2. The summed E-state index contributed by atoms with van der Waals surface area (Å²) >= 11 is 0. The van der Waals surface area contributed by atoms with E-state index in [9.17, 15) is 19.2 Å². The lowest BCUT2D eigenvalue weighted by Gasteiger charge is -2.31. The molecule has 0 aliphatic carbocycles. The first kappa shape index (κ1) is 26.6. The zero-order chi connectivity index (χ0) is 24.4. The monoisotopic (exact) mass is 465 g/mol. The van der Waals surface area contributed by atoms with Gasteiger partial charge in [0, 0.05) is 37.2 Å². The molecule has 0 aromatic rings. The molecule has 0 radical (unpaired) electrons. The lowest BCUT2D eigenvalue weighted by atomic mass is 10.1. The van der Waals surface area contributed by atoms with E-state index in [1.165, 1.54) is 6.92 Å². The topological polar surface area (TPSA) is 108 Å². The first-order chi connectivity index (χ1) is 15.8. The minimum atomic E-state index is -0.966. The zero-order valence-corrected chi connectivity index (χ0v) is 19.9. The molecule has 9 heteroatoms. The predicted octanol–water partition coefficient (Wildman–Crippen LogP) is 3.17. The molecule has 0 aromatic heterocycles. The molecule has 33 heavy (non-hydrogen) atoms. The van der Waals surface area contributed by atoms with E-state index in [1.807, 2.05) is 20.8 Å². The standard InChI is InChI=1S/C24H35NO8/c1-5-9-19(27)30-15-18-22(32-20(28)10-6-2)23(33-21(29)11-7-3)24(31-18)25-13-8-12-17(14-25)16(4)26/h8,13-14,18,22-24H,5-7,9-12,15H2,1-4H3/t18-,22-,23-,24-/m1/s1. The molecule has 2 aliphatic rings. The number of hydrogen-bond donors (Lipinski definition) is 0. The second kappa shape index (κ2) is 13.1. The molecule has 0 spiro atoms. The Hall–Kier alpha value is -2.68. The molecule has 2 heterocycles. The SMILES string of the molecule is CCCC(=O)OC[C@H]1O[C@@H](N2C=CCC(C(C)=O)=C2)[C@H](OC(=O)CCC)[C@@H]1OC(=O)CCC. The summed E-state index contributed by atoms with van der Waals surface area (Å²) in [5.74, 6) is -1.38. The van der Waals surface area contributed by atoms with Gasteiger partial charge in [-0.3, -0.25) is 19.2 Å². The molecule has 0 N–H and O–H groups in total. The lowest BCUT2D eigenvalue weighted by Crippen LogP contribution is -2.45. The summed E-state index contributed by atoms with van der Waals surface area (Å²) in [6.45, 7) is 6.90. The Morgan fingerprint density at radius 1 is 0.939 bits per heavy atom. The molecule has 9 nitrogen and oxygen atoms in total. The van der Waals surface area contributed by atoms with Crippen LogP contribution in [-0.4, -0.2) is 59.7 Å². The van der Waals surface area contributed by atoms with E-state index in [-0.39, 0.29) is 37.6 Å². The van der Waals surface area contributed by atoms with E-state index in [0.29, 0.717) is 31.3 Å². The summed E-state index contributed by atoms with van der Waals surface area (Å²) in [7, 11) is 0. The van der Waals surface area contributed by atoms with Gasteiger partial charge in [0.15, 0.2) is 24.2 Å². The minimum Gasteiger partial charge on any atom is -0.463 e. The molecule has 1 fully saturated rings. The van der Waals surface area contributed by atoms with Gasteiger partial charge in [0.05, 0.1) is 0 Å². The molecule has 4 atom stereocenters. The van der Waals surface area contributed by atoms with E-state index in [4.69, 9.17) is 18.9 Å². The quantitative estimate of drug-likeness (QED) is 0.317. The Morgan fingerprint density at radius 2 is 1.52 bits per heavy atom. The van der Waals surface area contributed by atoms with Crippen LogP contribution in [0.25, 0.3) is 0 Å². The summed E-state index contributed by atoms with van der Waals surface area (Å²) in [6.07, 6.45) is 4.49. The van der Waals surface area contributed by atoms with E-state index >= 15 is 0 Å². The first-order valence-corrected chi connectivity index (χ1v) is 11.7. The van der Waals surface area contributed by atoms with Crippen LogP contribution in [0.2, 0.25) is 0 Å². The van der Waals surface area contributed by atoms with Gasteiger partial charge in [-0.25, -0.2) is 0 Å². The van der Waals surface area contributed by atoms with Crippen molar-refractivity contribution < 1.29 is 38.1 Å². The van der Waals surface area contributed by atoms with Crippen LogP contribution in [-0.2, 0) is 38.1 Å². The molecule has 0 bridgehead atoms. The van der Waals surface area contributed by atoms with Crippen molar-refractivity contribution in [2.24, 2.45) is 0 Å². The van der Waals surface area contributed by atoms with Crippen LogP contribution in [0.5, 0.6) is 0 Å². The molecule has 2 rings (SSSR count). The summed E-state index contributed by atoms with van der Waals surface area (Å²) in [5.41, 5.74) is 0.567. The van der Waals surface area contributed by atoms with E-state index in [1.54, 1.807) is 23.4 Å². The summed E-state index contributed by atoms with van der Waals surface area (Å²) < 4.78 is 22.9. The number of nitrogens with zero attached hydrogens (tertiary/aromatic N) is 1. The third-order valence-electron chi connectivity index (χ3n) is 5.26. The number of esters is 3. The van der Waals surface area contributed by atoms with Crippen LogP contribution in [0.3, 0.4) is 0 Å². The summed E-state index contributed by atoms with van der Waals surface area (Å²) in [5, 5.41) is 0. The molecule has 0 saturated carbocycles. The van der Waals surface area contributed by atoms with Gasteiger partial charge in [-0.15, -0.1) is 0 Å². The van der Waals surface area contributed by atoms with Crippen molar-refractivity contribution in [2.45, 2.75) is 97.2 Å². The average Bonchev–Trinajstić information content (AvgIpc) is 3.09. The number of ether oxygens (including phenoxy) is 4. The molecule has 2 aliphatic heterocycles. The number of carbonyl (C=O) groups excluding carboxylic acids is 4. The van der Waals surface area contributed by atoms with Crippen LogP contribution in [0.1, 0.15) is 72.6 Å². The zero-order valence-electron chi connectivity index (χ0n) is 19.9. The Morgan fingerprint density at radius 3 is 2.09 bits per heavy atom. The van der Waals surface area contributed by atoms with Crippen LogP contribution < -0.4 is 0 Å². The second-order valence-electron chi connectivity index (χ2n) is 8.15. The fourth-order valence-electron chi connectivity index (χ4n) is 3.60. The molecule has 0 amide bonds. The smallest absolute Gasteiger partial charge is 0.306 e. The molecule has 0 aromatic carbocycles. The van der Waals surface area contributed by atoms with Gasteiger partial charge < -0.3 is 23.8 Å². The number of Topliss-reactive ketones (excluding diaryl/α,β-unsaturated/α-hetero) is 1. The van der Waals surface area contributed by atoms with E-state index in [0.717, 1.165) is 0 Å². The first-order valence-electron chi connectivity index (χ1n) is 11.7. The highest BCUT2D eigenvalue weighted by molar-refractivity contribution is 5.93. The lowest BCUT2D eigenvalue weighted by molar-refractivity contribution is -0.169. The molecule has 0 unspecified atom stereocenters. The Labute approximate surface area is 195 Å². The largest absolute Gasteiger partial charge is 0.463 e. The van der Waals surface area contributed by atoms with Gasteiger partial charge in [0.25, 0.3) is 0 Å². The molecule has 1 saturated heterocycles. The number of rotatable bonds is 12. The average molecular weight is 466 g/mol. The number of carbonyl (C=O) groups is 4. The highest BCUT2D eigenvalue weighted by Gasteiger charge is 2.52.